The molecule has 0 bridgehead atoms. The zero-order valence-electron chi connectivity index (χ0n) is 12.9. The Bertz CT molecular complexity index is 661. The topological polar surface area (TPSA) is 12.0 Å². The van der Waals surface area contributed by atoms with Crippen LogP contribution in [0.5, 0.6) is 0 Å². The average molecular weight is 502 g/mol. The first-order valence-corrected chi connectivity index (χ1v) is 10.5. The number of benzene rings is 2. The lowest BCUT2D eigenvalue weighted by molar-refractivity contribution is 0.443. The van der Waals surface area contributed by atoms with E-state index in [4.69, 9.17) is 0 Å². The maximum atomic E-state index is 3.63. The minimum absolute atomic E-state index is 0.780. The Balaban J connectivity index is 1.63. The molecule has 0 atom stereocenters. The predicted octanol–water partition coefficient (Wildman–Crippen LogP) is 7.63. The molecule has 1 fully saturated rings. The summed E-state index contributed by atoms with van der Waals surface area (Å²) in [5, 5.41) is 3.50. The van der Waals surface area contributed by atoms with E-state index in [1.807, 2.05) is 6.07 Å². The molecule has 2 aromatic rings. The van der Waals surface area contributed by atoms with Gasteiger partial charge in [0.05, 0.1) is 4.47 Å². The fourth-order valence-electron chi connectivity index (χ4n) is 3.20. The number of hydrogen-bond acceptors (Lipinski definition) is 1. The summed E-state index contributed by atoms with van der Waals surface area (Å²) in [6.45, 7) is 0.831. The standard InChI is InChI=1S/C19H20Br3N/c20-16-10-11-17(19(22)18(16)21)23-12-13-6-8-15(9-7-13)14-4-2-1-3-5-14/h6-11,14,23H,1-5,12H2. The SMILES string of the molecule is Brc1ccc(NCc2ccc(C3CCCCC3)cc2)c(Br)c1Br. The summed E-state index contributed by atoms with van der Waals surface area (Å²) in [5.74, 6) is 0.780. The van der Waals surface area contributed by atoms with Crippen LogP contribution in [0.3, 0.4) is 0 Å². The first-order valence-electron chi connectivity index (χ1n) is 8.11. The monoisotopic (exact) mass is 499 g/mol. The molecule has 0 aliphatic heterocycles. The minimum Gasteiger partial charge on any atom is -0.380 e. The van der Waals surface area contributed by atoms with E-state index >= 15 is 0 Å². The van der Waals surface area contributed by atoms with Crippen LogP contribution in [0.4, 0.5) is 5.69 Å². The Morgan fingerprint density at radius 3 is 2.22 bits per heavy atom. The van der Waals surface area contributed by atoms with Gasteiger partial charge in [0.1, 0.15) is 0 Å². The molecule has 4 heteroatoms. The van der Waals surface area contributed by atoms with Crippen LogP contribution < -0.4 is 5.32 Å². The number of rotatable bonds is 4. The third-order valence-electron chi connectivity index (χ3n) is 4.57. The van der Waals surface area contributed by atoms with Crippen LogP contribution in [0, 0.1) is 0 Å². The fourth-order valence-corrected chi connectivity index (χ4v) is 4.63. The fraction of sp³-hybridized carbons (Fsp3) is 0.368. The highest BCUT2D eigenvalue weighted by atomic mass is 79.9. The van der Waals surface area contributed by atoms with E-state index in [0.717, 1.165) is 31.6 Å². The summed E-state index contributed by atoms with van der Waals surface area (Å²) < 4.78 is 3.13. The van der Waals surface area contributed by atoms with Crippen LogP contribution in [0.25, 0.3) is 0 Å². The van der Waals surface area contributed by atoms with Crippen molar-refractivity contribution in [3.05, 3.63) is 60.9 Å². The van der Waals surface area contributed by atoms with Crippen molar-refractivity contribution < 1.29 is 0 Å². The van der Waals surface area contributed by atoms with E-state index in [2.05, 4.69) is 83.4 Å². The van der Waals surface area contributed by atoms with Crippen molar-refractivity contribution in [1.82, 2.24) is 0 Å². The Labute approximate surface area is 163 Å². The van der Waals surface area contributed by atoms with Gasteiger partial charge < -0.3 is 5.32 Å². The quantitative estimate of drug-likeness (QED) is 0.424. The van der Waals surface area contributed by atoms with Crippen LogP contribution >= 0.6 is 47.8 Å². The van der Waals surface area contributed by atoms with Gasteiger partial charge in [-0.2, -0.15) is 0 Å². The highest BCUT2D eigenvalue weighted by molar-refractivity contribution is 9.14. The normalized spacial score (nSPS) is 15.6. The van der Waals surface area contributed by atoms with Crippen molar-refractivity contribution in [3.63, 3.8) is 0 Å². The summed E-state index contributed by atoms with van der Waals surface area (Å²) in [6.07, 6.45) is 6.91. The second kappa shape index (κ2) is 8.17. The lowest BCUT2D eigenvalue weighted by Gasteiger charge is -2.22. The van der Waals surface area contributed by atoms with Gasteiger partial charge in [-0.05, 0) is 89.8 Å². The van der Waals surface area contributed by atoms with E-state index in [0.29, 0.717) is 0 Å². The highest BCUT2D eigenvalue weighted by Crippen LogP contribution is 2.37. The number of halogens is 3. The van der Waals surface area contributed by atoms with Gasteiger partial charge >= 0.3 is 0 Å². The summed E-state index contributed by atoms with van der Waals surface area (Å²) >= 11 is 10.7. The molecule has 2 aromatic carbocycles. The molecule has 0 radical (unpaired) electrons. The first-order chi connectivity index (χ1) is 11.1. The van der Waals surface area contributed by atoms with Gasteiger partial charge in [0, 0.05) is 21.2 Å². The van der Waals surface area contributed by atoms with Crippen molar-refractivity contribution in [1.29, 1.82) is 0 Å². The van der Waals surface area contributed by atoms with E-state index in [9.17, 15) is 0 Å². The molecular weight excluding hydrogens is 482 g/mol. The van der Waals surface area contributed by atoms with Crippen LogP contribution in [0.2, 0.25) is 0 Å². The van der Waals surface area contributed by atoms with Crippen LogP contribution in [-0.2, 0) is 6.54 Å². The van der Waals surface area contributed by atoms with E-state index in [1.54, 1.807) is 0 Å². The number of hydrogen-bond donors (Lipinski definition) is 1. The van der Waals surface area contributed by atoms with Gasteiger partial charge in [-0.3, -0.25) is 0 Å². The molecule has 1 aliphatic rings. The molecule has 1 N–H and O–H groups in total. The number of anilines is 1. The third-order valence-corrected chi connectivity index (χ3v) is 7.95. The summed E-state index contributed by atoms with van der Waals surface area (Å²) in [6, 6.07) is 13.3. The van der Waals surface area contributed by atoms with Gasteiger partial charge in [-0.25, -0.2) is 0 Å². The minimum atomic E-state index is 0.780. The van der Waals surface area contributed by atoms with Gasteiger partial charge in [-0.1, -0.05) is 43.5 Å². The number of nitrogens with one attached hydrogen (secondary N) is 1. The molecule has 1 saturated carbocycles. The maximum absolute atomic E-state index is 3.63. The Hall–Kier alpha value is -0.320. The van der Waals surface area contributed by atoms with Gasteiger partial charge in [-0.15, -0.1) is 0 Å². The second-order valence-corrected chi connectivity index (χ2v) is 8.59. The molecule has 122 valence electrons. The van der Waals surface area contributed by atoms with Crippen molar-refractivity contribution in [2.45, 2.75) is 44.6 Å². The molecule has 0 aromatic heterocycles. The summed E-state index contributed by atoms with van der Waals surface area (Å²) in [4.78, 5) is 0. The Morgan fingerprint density at radius 2 is 1.52 bits per heavy atom. The van der Waals surface area contributed by atoms with Crippen molar-refractivity contribution >= 4 is 53.5 Å². The molecule has 0 spiro atoms. The van der Waals surface area contributed by atoms with Crippen molar-refractivity contribution in [2.75, 3.05) is 5.32 Å². The maximum Gasteiger partial charge on any atom is 0.0560 e. The van der Waals surface area contributed by atoms with E-state index < -0.39 is 0 Å². The smallest absolute Gasteiger partial charge is 0.0560 e. The zero-order valence-corrected chi connectivity index (χ0v) is 17.7. The molecule has 0 amide bonds. The van der Waals surface area contributed by atoms with Crippen LogP contribution in [0.1, 0.15) is 49.1 Å². The molecular formula is C19H20Br3N. The Morgan fingerprint density at radius 1 is 0.826 bits per heavy atom. The van der Waals surface area contributed by atoms with Gasteiger partial charge in [0.25, 0.3) is 0 Å². The predicted molar refractivity (Wildman–Crippen MR) is 109 cm³/mol. The first kappa shape index (κ1) is 17.5. The largest absolute Gasteiger partial charge is 0.380 e. The molecule has 0 heterocycles. The third kappa shape index (κ3) is 4.40. The Kier molecular flexibility index (Phi) is 6.22. The molecule has 1 nitrogen and oxygen atoms in total. The average Bonchev–Trinajstić information content (AvgIpc) is 2.60. The van der Waals surface area contributed by atoms with Gasteiger partial charge in [0.2, 0.25) is 0 Å². The summed E-state index contributed by atoms with van der Waals surface area (Å²) in [7, 11) is 0. The molecule has 23 heavy (non-hydrogen) atoms. The van der Waals surface area contributed by atoms with Crippen LogP contribution in [0.15, 0.2) is 49.8 Å². The molecule has 0 saturated heterocycles. The van der Waals surface area contributed by atoms with Crippen LogP contribution in [-0.4, -0.2) is 0 Å². The zero-order chi connectivity index (χ0) is 16.2. The van der Waals surface area contributed by atoms with E-state index in [-0.39, 0.29) is 0 Å². The molecule has 3 rings (SSSR count). The lowest BCUT2D eigenvalue weighted by atomic mass is 9.84. The van der Waals surface area contributed by atoms with E-state index in [1.165, 1.54) is 43.2 Å². The molecule has 1 aliphatic carbocycles. The summed E-state index contributed by atoms with van der Waals surface area (Å²) in [5.41, 5.74) is 3.92. The molecule has 0 unspecified atom stereocenters. The van der Waals surface area contributed by atoms with Gasteiger partial charge in [0.15, 0.2) is 0 Å². The van der Waals surface area contributed by atoms with Crippen molar-refractivity contribution in [2.24, 2.45) is 0 Å². The lowest BCUT2D eigenvalue weighted by Crippen LogP contribution is -2.05. The second-order valence-electron chi connectivity index (χ2n) is 6.15. The van der Waals surface area contributed by atoms with Crippen molar-refractivity contribution in [3.8, 4) is 0 Å². The highest BCUT2D eigenvalue weighted by Gasteiger charge is 2.15.